The number of anilines is 1. The summed E-state index contributed by atoms with van der Waals surface area (Å²) in [5, 5.41) is 19.9. The molecule has 0 saturated carbocycles. The molecule has 0 amide bonds. The third-order valence-corrected chi connectivity index (χ3v) is 2.18. The Hall–Kier alpha value is -0.580. The maximum absolute atomic E-state index is 9.30. The molecule has 1 unspecified atom stereocenters. The van der Waals surface area contributed by atoms with Crippen LogP contribution in [0.4, 0.5) is 5.69 Å². The fraction of sp³-hybridized carbons (Fsp3) is 0.500. The van der Waals surface area contributed by atoms with Crippen molar-refractivity contribution in [3.05, 3.63) is 16.4 Å². The Labute approximate surface area is 92.2 Å². The van der Waals surface area contributed by atoms with E-state index in [1.807, 2.05) is 6.92 Å². The largest absolute Gasteiger partial charge is 0.391 e. The van der Waals surface area contributed by atoms with Gasteiger partial charge in [-0.3, -0.25) is 0 Å². The van der Waals surface area contributed by atoms with Crippen molar-refractivity contribution < 1.29 is 5.11 Å². The highest BCUT2D eigenvalue weighted by molar-refractivity contribution is 6.33. The number of halogens is 2. The van der Waals surface area contributed by atoms with Crippen molar-refractivity contribution in [2.75, 3.05) is 11.9 Å². The fourth-order valence-electron chi connectivity index (χ4n) is 0.849. The Bertz CT molecular complexity index is 309. The quantitative estimate of drug-likeness (QED) is 0.838. The van der Waals surface area contributed by atoms with Gasteiger partial charge in [0.1, 0.15) is 0 Å². The third-order valence-electron chi connectivity index (χ3n) is 1.72. The van der Waals surface area contributed by atoms with Gasteiger partial charge in [-0.15, -0.1) is 10.2 Å². The summed E-state index contributed by atoms with van der Waals surface area (Å²) in [4.78, 5) is 0. The molecular weight excluding hydrogens is 225 g/mol. The van der Waals surface area contributed by atoms with Crippen LogP contribution in [0.3, 0.4) is 0 Å². The summed E-state index contributed by atoms with van der Waals surface area (Å²) in [6, 6.07) is 1.57. The van der Waals surface area contributed by atoms with Gasteiger partial charge in [-0.2, -0.15) is 0 Å². The van der Waals surface area contributed by atoms with Crippen LogP contribution in [-0.2, 0) is 0 Å². The number of rotatable bonds is 4. The van der Waals surface area contributed by atoms with Gasteiger partial charge in [0.15, 0.2) is 10.3 Å². The molecule has 0 spiro atoms. The predicted molar refractivity (Wildman–Crippen MR) is 56.8 cm³/mol. The molecule has 0 aliphatic carbocycles. The van der Waals surface area contributed by atoms with E-state index in [-0.39, 0.29) is 10.3 Å². The lowest BCUT2D eigenvalue weighted by molar-refractivity contribution is 0.183. The molecule has 2 N–H and O–H groups in total. The second-order valence-corrected chi connectivity index (χ2v) is 3.56. The lowest BCUT2D eigenvalue weighted by Gasteiger charge is -2.10. The summed E-state index contributed by atoms with van der Waals surface area (Å²) in [6.07, 6.45) is 0.273. The lowest BCUT2D eigenvalue weighted by atomic mass is 10.3. The maximum Gasteiger partial charge on any atom is 0.174 e. The first-order valence-corrected chi connectivity index (χ1v) is 4.99. The normalized spacial score (nSPS) is 12.6. The zero-order chi connectivity index (χ0) is 10.6. The Balaban J connectivity index is 2.62. The standard InChI is InChI=1S/C8H11Cl2N3O/c1-2-5(14)4-11-6-3-7(9)12-13-8(6)10/h3,5,14H,2,4H2,1H3,(H,11,12). The van der Waals surface area contributed by atoms with Gasteiger partial charge in [0.05, 0.1) is 11.8 Å². The zero-order valence-corrected chi connectivity index (χ0v) is 9.18. The first-order valence-electron chi connectivity index (χ1n) is 4.24. The summed E-state index contributed by atoms with van der Waals surface area (Å²) in [5.41, 5.74) is 0.583. The van der Waals surface area contributed by atoms with Crippen molar-refractivity contribution in [2.45, 2.75) is 19.4 Å². The number of hydrogen-bond donors (Lipinski definition) is 2. The molecule has 1 rings (SSSR count). The molecule has 1 heterocycles. The molecule has 1 aromatic heterocycles. The van der Waals surface area contributed by atoms with E-state index < -0.39 is 6.10 Å². The van der Waals surface area contributed by atoms with Crippen LogP contribution in [-0.4, -0.2) is 28.0 Å². The molecule has 0 aliphatic rings. The van der Waals surface area contributed by atoms with Crippen molar-refractivity contribution in [3.63, 3.8) is 0 Å². The average Bonchev–Trinajstić information content (AvgIpc) is 2.19. The van der Waals surface area contributed by atoms with Gasteiger partial charge < -0.3 is 10.4 Å². The number of nitrogens with zero attached hydrogens (tertiary/aromatic N) is 2. The number of aromatic nitrogens is 2. The van der Waals surface area contributed by atoms with Crippen molar-refractivity contribution >= 4 is 28.9 Å². The molecule has 0 aromatic carbocycles. The molecule has 0 fully saturated rings. The van der Waals surface area contributed by atoms with Gasteiger partial charge in [0, 0.05) is 12.6 Å². The molecular formula is C8H11Cl2N3O. The van der Waals surface area contributed by atoms with Gasteiger partial charge in [-0.25, -0.2) is 0 Å². The molecule has 0 radical (unpaired) electrons. The number of nitrogens with one attached hydrogen (secondary N) is 1. The van der Waals surface area contributed by atoms with E-state index in [1.54, 1.807) is 6.07 Å². The summed E-state index contributed by atoms with van der Waals surface area (Å²) in [7, 11) is 0. The SMILES string of the molecule is CCC(O)CNc1cc(Cl)nnc1Cl. The monoisotopic (exact) mass is 235 g/mol. The summed E-state index contributed by atoms with van der Waals surface area (Å²) >= 11 is 11.4. The average molecular weight is 236 g/mol. The molecule has 4 nitrogen and oxygen atoms in total. The van der Waals surface area contributed by atoms with E-state index in [1.165, 1.54) is 0 Å². The Morgan fingerprint density at radius 3 is 2.86 bits per heavy atom. The predicted octanol–water partition coefficient (Wildman–Crippen LogP) is 1.97. The third kappa shape index (κ3) is 3.29. The molecule has 1 aromatic rings. The van der Waals surface area contributed by atoms with E-state index in [0.29, 0.717) is 18.7 Å². The van der Waals surface area contributed by atoms with Crippen LogP contribution in [0.1, 0.15) is 13.3 Å². The van der Waals surface area contributed by atoms with E-state index in [9.17, 15) is 5.11 Å². The second kappa shape index (κ2) is 5.34. The molecule has 78 valence electrons. The van der Waals surface area contributed by atoms with Crippen LogP contribution in [0, 0.1) is 0 Å². The van der Waals surface area contributed by atoms with Crippen LogP contribution in [0.15, 0.2) is 6.07 Å². The molecule has 0 saturated heterocycles. The van der Waals surface area contributed by atoms with E-state index in [2.05, 4.69) is 15.5 Å². The highest BCUT2D eigenvalue weighted by atomic mass is 35.5. The van der Waals surface area contributed by atoms with Gasteiger partial charge >= 0.3 is 0 Å². The first kappa shape index (κ1) is 11.5. The summed E-state index contributed by atoms with van der Waals surface area (Å²) < 4.78 is 0. The number of hydrogen-bond acceptors (Lipinski definition) is 4. The highest BCUT2D eigenvalue weighted by Crippen LogP contribution is 2.20. The van der Waals surface area contributed by atoms with Gasteiger partial charge in [0.2, 0.25) is 0 Å². The van der Waals surface area contributed by atoms with Crippen molar-refractivity contribution in [2.24, 2.45) is 0 Å². The maximum atomic E-state index is 9.30. The Morgan fingerprint density at radius 1 is 1.50 bits per heavy atom. The lowest BCUT2D eigenvalue weighted by Crippen LogP contribution is -2.18. The molecule has 14 heavy (non-hydrogen) atoms. The van der Waals surface area contributed by atoms with Crippen LogP contribution in [0.5, 0.6) is 0 Å². The minimum atomic E-state index is -0.405. The van der Waals surface area contributed by atoms with Crippen molar-refractivity contribution in [1.29, 1.82) is 0 Å². The molecule has 0 aliphatic heterocycles. The zero-order valence-electron chi connectivity index (χ0n) is 7.67. The topological polar surface area (TPSA) is 58.0 Å². The van der Waals surface area contributed by atoms with Crippen molar-refractivity contribution in [1.82, 2.24) is 10.2 Å². The molecule has 0 bridgehead atoms. The van der Waals surface area contributed by atoms with E-state index in [4.69, 9.17) is 23.2 Å². The summed E-state index contributed by atoms with van der Waals surface area (Å²) in [6.45, 7) is 2.31. The number of aliphatic hydroxyl groups is 1. The Kier molecular flexibility index (Phi) is 4.38. The Morgan fingerprint density at radius 2 is 2.21 bits per heavy atom. The van der Waals surface area contributed by atoms with Crippen molar-refractivity contribution in [3.8, 4) is 0 Å². The van der Waals surface area contributed by atoms with Crippen LogP contribution in [0.2, 0.25) is 10.3 Å². The van der Waals surface area contributed by atoms with Crippen LogP contribution < -0.4 is 5.32 Å². The first-order chi connectivity index (χ1) is 6.63. The minimum absolute atomic E-state index is 0.248. The second-order valence-electron chi connectivity index (χ2n) is 2.81. The minimum Gasteiger partial charge on any atom is -0.391 e. The smallest absolute Gasteiger partial charge is 0.174 e. The highest BCUT2D eigenvalue weighted by Gasteiger charge is 2.05. The van der Waals surface area contributed by atoms with E-state index in [0.717, 1.165) is 0 Å². The molecule has 6 heteroatoms. The van der Waals surface area contributed by atoms with E-state index >= 15 is 0 Å². The summed E-state index contributed by atoms with van der Waals surface area (Å²) in [5.74, 6) is 0. The van der Waals surface area contributed by atoms with Gasteiger partial charge in [0.25, 0.3) is 0 Å². The number of aliphatic hydroxyl groups excluding tert-OH is 1. The van der Waals surface area contributed by atoms with Crippen LogP contribution in [0.25, 0.3) is 0 Å². The van der Waals surface area contributed by atoms with Gasteiger partial charge in [-0.1, -0.05) is 30.1 Å². The fourth-order valence-corrected chi connectivity index (χ4v) is 1.16. The van der Waals surface area contributed by atoms with Gasteiger partial charge in [-0.05, 0) is 6.42 Å². The van der Waals surface area contributed by atoms with Crippen LogP contribution >= 0.6 is 23.2 Å². The molecule has 1 atom stereocenters.